The highest BCUT2D eigenvalue weighted by Crippen LogP contribution is 2.54. The fourth-order valence-corrected chi connectivity index (χ4v) is 3.82. The van der Waals surface area contributed by atoms with Crippen LogP contribution in [-0.4, -0.2) is 15.9 Å². The second kappa shape index (κ2) is 5.97. The fraction of sp³-hybridized carbons (Fsp3) is 0.312. The molecule has 22 heavy (non-hydrogen) atoms. The quantitative estimate of drug-likeness (QED) is 0.879. The number of nitrogens with zero attached hydrogens (tertiary/aromatic N) is 2. The summed E-state index contributed by atoms with van der Waals surface area (Å²) in [5, 5.41) is 0.319. The zero-order valence-electron chi connectivity index (χ0n) is 11.8. The Hall–Kier alpha value is -1.46. The van der Waals surface area contributed by atoms with E-state index in [0.29, 0.717) is 10.8 Å². The molecular formula is C16H15BrClN3O. The number of aromatic nitrogens is 2. The standard InChI is InChI=1S/C16H15BrClN3O/c17-11-4-1-3-10(9-11)12(13-14(18)21-8-7-20-13)16(15(19)22)5-2-6-16/h1,3-4,7-9,12H,2,5-6H2,(H2,19,22). The first-order valence-corrected chi connectivity index (χ1v) is 8.23. The molecule has 0 bridgehead atoms. The van der Waals surface area contributed by atoms with Gasteiger partial charge in [-0.05, 0) is 30.5 Å². The third-order valence-corrected chi connectivity index (χ3v) is 5.21. The largest absolute Gasteiger partial charge is 0.369 e. The van der Waals surface area contributed by atoms with Gasteiger partial charge < -0.3 is 5.73 Å². The summed E-state index contributed by atoms with van der Waals surface area (Å²) in [7, 11) is 0. The minimum Gasteiger partial charge on any atom is -0.369 e. The Bertz CT molecular complexity index is 718. The summed E-state index contributed by atoms with van der Waals surface area (Å²) >= 11 is 9.74. The van der Waals surface area contributed by atoms with Crippen LogP contribution >= 0.6 is 27.5 Å². The molecule has 4 nitrogen and oxygen atoms in total. The summed E-state index contributed by atoms with van der Waals surface area (Å²) in [5.41, 5.74) is 6.70. The van der Waals surface area contributed by atoms with E-state index in [-0.39, 0.29) is 11.8 Å². The van der Waals surface area contributed by atoms with Gasteiger partial charge in [-0.25, -0.2) is 4.98 Å². The Morgan fingerprint density at radius 1 is 1.32 bits per heavy atom. The molecule has 1 heterocycles. The van der Waals surface area contributed by atoms with Crippen molar-refractivity contribution in [3.05, 3.63) is 57.5 Å². The summed E-state index contributed by atoms with van der Waals surface area (Å²) in [6.07, 6.45) is 5.60. The predicted molar refractivity (Wildman–Crippen MR) is 88.5 cm³/mol. The van der Waals surface area contributed by atoms with Crippen molar-refractivity contribution in [2.24, 2.45) is 11.1 Å². The molecule has 2 N–H and O–H groups in total. The number of nitrogens with two attached hydrogens (primary N) is 1. The molecule has 1 saturated carbocycles. The molecule has 1 fully saturated rings. The van der Waals surface area contributed by atoms with Crippen molar-refractivity contribution in [1.29, 1.82) is 0 Å². The Balaban J connectivity index is 2.19. The van der Waals surface area contributed by atoms with Gasteiger partial charge in [0.05, 0.1) is 11.1 Å². The van der Waals surface area contributed by atoms with Gasteiger partial charge >= 0.3 is 0 Å². The molecule has 3 rings (SSSR count). The van der Waals surface area contributed by atoms with Crippen LogP contribution in [0.3, 0.4) is 0 Å². The monoisotopic (exact) mass is 379 g/mol. The van der Waals surface area contributed by atoms with Gasteiger partial charge in [0.25, 0.3) is 0 Å². The lowest BCUT2D eigenvalue weighted by Gasteiger charge is -2.45. The van der Waals surface area contributed by atoms with Gasteiger partial charge in [0, 0.05) is 22.8 Å². The van der Waals surface area contributed by atoms with E-state index in [2.05, 4.69) is 25.9 Å². The average Bonchev–Trinajstić information content (AvgIpc) is 2.43. The van der Waals surface area contributed by atoms with Crippen molar-refractivity contribution in [3.8, 4) is 0 Å². The highest BCUT2D eigenvalue weighted by Gasteiger charge is 2.51. The minimum atomic E-state index is -0.638. The molecule has 1 unspecified atom stereocenters. The van der Waals surface area contributed by atoms with E-state index in [4.69, 9.17) is 17.3 Å². The van der Waals surface area contributed by atoms with Gasteiger partial charge in [-0.15, -0.1) is 0 Å². The summed E-state index contributed by atoms with van der Waals surface area (Å²) in [4.78, 5) is 20.7. The number of carbonyl (C=O) groups excluding carboxylic acids is 1. The molecule has 0 saturated heterocycles. The Morgan fingerprint density at radius 3 is 2.59 bits per heavy atom. The summed E-state index contributed by atoms with van der Waals surface area (Å²) < 4.78 is 0.939. The Kier molecular flexibility index (Phi) is 4.19. The highest BCUT2D eigenvalue weighted by atomic mass is 79.9. The van der Waals surface area contributed by atoms with E-state index in [1.165, 1.54) is 0 Å². The molecule has 0 spiro atoms. The molecule has 0 radical (unpaired) electrons. The third kappa shape index (κ3) is 2.52. The second-order valence-electron chi connectivity index (χ2n) is 5.59. The first-order chi connectivity index (χ1) is 10.5. The topological polar surface area (TPSA) is 68.9 Å². The highest BCUT2D eigenvalue weighted by molar-refractivity contribution is 9.10. The van der Waals surface area contributed by atoms with Crippen LogP contribution in [0.15, 0.2) is 41.1 Å². The van der Waals surface area contributed by atoms with Gasteiger partial charge in [-0.3, -0.25) is 9.78 Å². The van der Waals surface area contributed by atoms with Gasteiger partial charge in [0.2, 0.25) is 5.91 Å². The van der Waals surface area contributed by atoms with Crippen molar-refractivity contribution >= 4 is 33.4 Å². The maximum Gasteiger partial charge on any atom is 0.224 e. The molecule has 1 atom stereocenters. The van der Waals surface area contributed by atoms with Crippen LogP contribution in [-0.2, 0) is 4.79 Å². The van der Waals surface area contributed by atoms with Gasteiger partial charge in [0.15, 0.2) is 5.15 Å². The van der Waals surface area contributed by atoms with Crippen molar-refractivity contribution in [2.75, 3.05) is 0 Å². The maximum atomic E-state index is 12.2. The van der Waals surface area contributed by atoms with Crippen LogP contribution < -0.4 is 5.73 Å². The van der Waals surface area contributed by atoms with Crippen LogP contribution in [0.25, 0.3) is 0 Å². The summed E-state index contributed by atoms with van der Waals surface area (Å²) in [5.74, 6) is -0.581. The molecule has 6 heteroatoms. The van der Waals surface area contributed by atoms with Crippen molar-refractivity contribution in [1.82, 2.24) is 9.97 Å². The molecule has 1 aromatic heterocycles. The molecule has 0 aliphatic heterocycles. The average molecular weight is 381 g/mol. The Morgan fingerprint density at radius 2 is 2.05 bits per heavy atom. The van der Waals surface area contributed by atoms with Crippen molar-refractivity contribution in [2.45, 2.75) is 25.2 Å². The number of rotatable bonds is 4. The number of halogens is 2. The van der Waals surface area contributed by atoms with Gasteiger partial charge in [-0.1, -0.05) is 46.1 Å². The van der Waals surface area contributed by atoms with Gasteiger partial charge in [-0.2, -0.15) is 0 Å². The molecule has 1 aliphatic rings. The lowest BCUT2D eigenvalue weighted by Crippen LogP contribution is -2.48. The van der Waals surface area contributed by atoms with Crippen LogP contribution in [0.5, 0.6) is 0 Å². The van der Waals surface area contributed by atoms with E-state index in [0.717, 1.165) is 29.3 Å². The lowest BCUT2D eigenvalue weighted by molar-refractivity contribution is -0.133. The first-order valence-electron chi connectivity index (χ1n) is 7.06. The lowest BCUT2D eigenvalue weighted by atomic mass is 9.58. The van der Waals surface area contributed by atoms with Crippen LogP contribution in [0, 0.1) is 5.41 Å². The second-order valence-corrected chi connectivity index (χ2v) is 6.87. The number of primary amides is 1. The normalized spacial score (nSPS) is 17.5. The number of amides is 1. The van der Waals surface area contributed by atoms with E-state index >= 15 is 0 Å². The van der Waals surface area contributed by atoms with E-state index < -0.39 is 5.41 Å². The third-order valence-electron chi connectivity index (χ3n) is 4.42. The predicted octanol–water partition coefficient (Wildman–Crippen LogP) is 3.68. The molecule has 2 aromatic rings. The van der Waals surface area contributed by atoms with E-state index in [9.17, 15) is 4.79 Å². The van der Waals surface area contributed by atoms with E-state index in [1.807, 2.05) is 24.3 Å². The molecule has 114 valence electrons. The van der Waals surface area contributed by atoms with Crippen molar-refractivity contribution < 1.29 is 4.79 Å². The number of hydrogen-bond acceptors (Lipinski definition) is 3. The number of carbonyl (C=O) groups is 1. The maximum absolute atomic E-state index is 12.2. The van der Waals surface area contributed by atoms with Crippen LogP contribution in [0.4, 0.5) is 0 Å². The summed E-state index contributed by atoms with van der Waals surface area (Å²) in [6.45, 7) is 0. The summed E-state index contributed by atoms with van der Waals surface area (Å²) in [6, 6.07) is 7.84. The molecule has 1 aliphatic carbocycles. The molecule has 1 amide bonds. The molecule has 1 aromatic carbocycles. The minimum absolute atomic E-state index is 0.280. The number of benzene rings is 1. The van der Waals surface area contributed by atoms with Gasteiger partial charge in [0.1, 0.15) is 0 Å². The fourth-order valence-electron chi connectivity index (χ4n) is 3.19. The van der Waals surface area contributed by atoms with Crippen molar-refractivity contribution in [3.63, 3.8) is 0 Å². The van der Waals surface area contributed by atoms with E-state index in [1.54, 1.807) is 12.4 Å². The zero-order chi connectivity index (χ0) is 15.7. The Labute approximate surface area is 142 Å². The number of hydrogen-bond donors (Lipinski definition) is 1. The first kappa shape index (κ1) is 15.4. The SMILES string of the molecule is NC(=O)C1(C(c2cccc(Br)c2)c2nccnc2Cl)CCC1. The van der Waals surface area contributed by atoms with Crippen LogP contribution in [0.2, 0.25) is 5.15 Å². The molecular weight excluding hydrogens is 366 g/mol. The zero-order valence-corrected chi connectivity index (χ0v) is 14.1. The smallest absolute Gasteiger partial charge is 0.224 e. The van der Waals surface area contributed by atoms with Crippen LogP contribution in [0.1, 0.15) is 36.4 Å².